The third-order valence-electron chi connectivity index (χ3n) is 4.99. The monoisotopic (exact) mass is 325 g/mol. The minimum Gasteiger partial charge on any atom is -0.633 e. The van der Waals surface area contributed by atoms with Gasteiger partial charge in [-0.15, -0.1) is 0 Å². The largest absolute Gasteiger partial charge is 0.633 e. The average Bonchev–Trinajstić information content (AvgIpc) is 2.59. The van der Waals surface area contributed by atoms with Crippen LogP contribution >= 0.6 is 0 Å². The van der Waals surface area contributed by atoms with E-state index in [0.29, 0.717) is 12.8 Å². The highest BCUT2D eigenvalue weighted by atomic mass is 16.5. The molecule has 128 valence electrons. The fraction of sp³-hybridized carbons (Fsp3) is 0.381. The Kier molecular flexibility index (Phi) is 5.58. The standard InChI is InChI=1S/C21H27NO2/c1-5-20(23)21(16-17(2)22(3,4)24,18-12-8-6-9-13-18)19-14-10-7-11-15-19/h6-15,17H,5,16H2,1-4H3/t17-/m0/s1. The molecule has 2 rings (SSSR count). The van der Waals surface area contributed by atoms with Crippen molar-refractivity contribution in [1.29, 1.82) is 0 Å². The maximum absolute atomic E-state index is 13.2. The lowest BCUT2D eigenvalue weighted by Crippen LogP contribution is -2.48. The Labute approximate surface area is 145 Å². The highest BCUT2D eigenvalue weighted by Gasteiger charge is 2.43. The number of benzene rings is 2. The second-order valence-corrected chi connectivity index (χ2v) is 6.90. The van der Waals surface area contributed by atoms with Crippen LogP contribution in [0.5, 0.6) is 0 Å². The molecule has 0 radical (unpaired) electrons. The predicted molar refractivity (Wildman–Crippen MR) is 98.5 cm³/mol. The molecule has 0 spiro atoms. The van der Waals surface area contributed by atoms with Gasteiger partial charge in [-0.1, -0.05) is 67.6 Å². The van der Waals surface area contributed by atoms with Crippen molar-refractivity contribution >= 4 is 5.78 Å². The minimum absolute atomic E-state index is 0.153. The lowest BCUT2D eigenvalue weighted by atomic mass is 9.67. The van der Waals surface area contributed by atoms with Gasteiger partial charge in [0.1, 0.15) is 5.78 Å². The number of ketones is 1. The van der Waals surface area contributed by atoms with Gasteiger partial charge in [0, 0.05) is 12.8 Å². The van der Waals surface area contributed by atoms with Gasteiger partial charge in [0.05, 0.1) is 25.6 Å². The summed E-state index contributed by atoms with van der Waals surface area (Å²) in [6, 6.07) is 19.5. The van der Waals surface area contributed by atoms with E-state index < -0.39 is 10.1 Å². The molecule has 0 saturated heterocycles. The highest BCUT2D eigenvalue weighted by molar-refractivity contribution is 5.93. The van der Waals surface area contributed by atoms with Crippen LogP contribution in [0.3, 0.4) is 0 Å². The van der Waals surface area contributed by atoms with Crippen LogP contribution in [0.25, 0.3) is 0 Å². The first-order valence-corrected chi connectivity index (χ1v) is 8.51. The number of hydrogen-bond donors (Lipinski definition) is 0. The van der Waals surface area contributed by atoms with E-state index in [4.69, 9.17) is 0 Å². The zero-order chi connectivity index (χ0) is 17.8. The van der Waals surface area contributed by atoms with Gasteiger partial charge in [-0.25, -0.2) is 0 Å². The van der Waals surface area contributed by atoms with Gasteiger partial charge in [-0.3, -0.25) is 4.79 Å². The Hall–Kier alpha value is -1.97. The molecule has 0 amide bonds. The van der Waals surface area contributed by atoms with Gasteiger partial charge in [-0.05, 0) is 18.1 Å². The number of quaternary nitrogens is 1. The van der Waals surface area contributed by atoms with Gasteiger partial charge in [-0.2, -0.15) is 0 Å². The quantitative estimate of drug-likeness (QED) is 0.562. The van der Waals surface area contributed by atoms with Crippen LogP contribution in [0.1, 0.15) is 37.8 Å². The summed E-state index contributed by atoms with van der Waals surface area (Å²) in [5.74, 6) is 0.153. The number of nitrogens with zero attached hydrogens (tertiary/aromatic N) is 1. The van der Waals surface area contributed by atoms with Crippen molar-refractivity contribution < 1.29 is 9.44 Å². The van der Waals surface area contributed by atoms with E-state index in [9.17, 15) is 10.0 Å². The number of carbonyl (C=O) groups is 1. The average molecular weight is 325 g/mol. The zero-order valence-corrected chi connectivity index (χ0v) is 15.0. The second kappa shape index (κ2) is 7.29. The third-order valence-corrected chi connectivity index (χ3v) is 4.99. The van der Waals surface area contributed by atoms with Crippen LogP contribution in [0, 0.1) is 5.21 Å². The maximum atomic E-state index is 13.2. The molecule has 1 atom stereocenters. The first kappa shape index (κ1) is 18.4. The fourth-order valence-corrected chi connectivity index (χ4v) is 3.25. The first-order valence-electron chi connectivity index (χ1n) is 8.51. The molecular formula is C21H27NO2. The fourth-order valence-electron chi connectivity index (χ4n) is 3.25. The topological polar surface area (TPSA) is 40.1 Å². The number of carbonyl (C=O) groups excluding carboxylic acids is 1. The molecule has 0 N–H and O–H groups in total. The molecule has 0 aromatic heterocycles. The number of hydrogen-bond acceptors (Lipinski definition) is 2. The van der Waals surface area contributed by atoms with Crippen molar-refractivity contribution in [2.24, 2.45) is 0 Å². The maximum Gasteiger partial charge on any atom is 0.147 e. The van der Waals surface area contributed by atoms with Crippen LogP contribution < -0.4 is 0 Å². The van der Waals surface area contributed by atoms with E-state index in [0.717, 1.165) is 11.1 Å². The van der Waals surface area contributed by atoms with Crippen LogP contribution in [0.15, 0.2) is 60.7 Å². The SMILES string of the molecule is CCC(=O)C(C[C@H](C)[N+](C)(C)[O-])(c1ccccc1)c1ccccc1. The number of rotatable bonds is 7. The van der Waals surface area contributed by atoms with Crippen molar-refractivity contribution in [2.75, 3.05) is 14.1 Å². The summed E-state index contributed by atoms with van der Waals surface area (Å²) in [6.07, 6.45) is 0.924. The first-order chi connectivity index (χ1) is 11.3. The molecule has 0 saturated carbocycles. The second-order valence-electron chi connectivity index (χ2n) is 6.90. The third kappa shape index (κ3) is 3.58. The molecule has 0 heterocycles. The normalized spacial score (nSPS) is 13.5. The van der Waals surface area contributed by atoms with Gasteiger partial charge in [0.25, 0.3) is 0 Å². The van der Waals surface area contributed by atoms with Gasteiger partial charge >= 0.3 is 0 Å². The van der Waals surface area contributed by atoms with E-state index in [1.807, 2.05) is 74.5 Å². The van der Waals surface area contributed by atoms with Crippen molar-refractivity contribution in [3.63, 3.8) is 0 Å². The molecule has 2 aromatic rings. The van der Waals surface area contributed by atoms with Gasteiger partial charge in [0.15, 0.2) is 0 Å². The van der Waals surface area contributed by atoms with Crippen molar-refractivity contribution in [3.05, 3.63) is 77.0 Å². The van der Waals surface area contributed by atoms with Crippen LogP contribution in [-0.2, 0) is 10.2 Å². The molecule has 0 bridgehead atoms. The van der Waals surface area contributed by atoms with E-state index in [-0.39, 0.29) is 11.8 Å². The van der Waals surface area contributed by atoms with E-state index >= 15 is 0 Å². The minimum atomic E-state index is -0.781. The molecule has 0 aliphatic carbocycles. The molecule has 2 aromatic carbocycles. The molecule has 0 fully saturated rings. The molecule has 3 nitrogen and oxygen atoms in total. The molecule has 0 unspecified atom stereocenters. The van der Waals surface area contributed by atoms with E-state index in [1.54, 1.807) is 14.1 Å². The molecule has 0 aliphatic heterocycles. The predicted octanol–water partition coefficient (Wildman–Crippen LogP) is 4.30. The number of Topliss-reactive ketones (excluding diaryl/α,β-unsaturated/α-hetero) is 1. The highest BCUT2D eigenvalue weighted by Crippen LogP contribution is 2.40. The molecular weight excluding hydrogens is 298 g/mol. The van der Waals surface area contributed by atoms with E-state index in [1.165, 1.54) is 0 Å². The summed E-state index contributed by atoms with van der Waals surface area (Å²) in [6.45, 7) is 3.82. The summed E-state index contributed by atoms with van der Waals surface area (Å²) < 4.78 is -0.418. The van der Waals surface area contributed by atoms with Crippen molar-refractivity contribution in [2.45, 2.75) is 38.1 Å². The Morgan fingerprint density at radius 1 is 1.00 bits per heavy atom. The summed E-state index contributed by atoms with van der Waals surface area (Å²) in [5.41, 5.74) is 1.14. The Morgan fingerprint density at radius 2 is 1.42 bits per heavy atom. The van der Waals surface area contributed by atoms with Gasteiger partial charge < -0.3 is 9.85 Å². The summed E-state index contributed by atoms with van der Waals surface area (Å²) in [5, 5.41) is 12.5. The Bertz CT molecular complexity index is 620. The Morgan fingerprint density at radius 3 is 1.75 bits per heavy atom. The molecule has 3 heteroatoms. The molecule has 0 aliphatic rings. The zero-order valence-electron chi connectivity index (χ0n) is 15.0. The summed E-state index contributed by atoms with van der Waals surface area (Å²) in [7, 11) is 3.28. The lowest BCUT2D eigenvalue weighted by Gasteiger charge is -2.45. The number of hydroxylamine groups is 3. The van der Waals surface area contributed by atoms with Crippen LogP contribution in [0.4, 0.5) is 0 Å². The smallest absolute Gasteiger partial charge is 0.147 e. The molecule has 24 heavy (non-hydrogen) atoms. The summed E-state index contributed by atoms with van der Waals surface area (Å²) >= 11 is 0. The van der Waals surface area contributed by atoms with Crippen LogP contribution in [-0.4, -0.2) is 30.6 Å². The van der Waals surface area contributed by atoms with Crippen molar-refractivity contribution in [3.8, 4) is 0 Å². The lowest BCUT2D eigenvalue weighted by molar-refractivity contribution is -0.865. The Balaban J connectivity index is 2.68. The van der Waals surface area contributed by atoms with Gasteiger partial charge in [0.2, 0.25) is 0 Å². The van der Waals surface area contributed by atoms with Crippen LogP contribution in [0.2, 0.25) is 0 Å². The summed E-state index contributed by atoms with van der Waals surface area (Å²) in [4.78, 5) is 13.2. The van der Waals surface area contributed by atoms with Crippen molar-refractivity contribution in [1.82, 2.24) is 0 Å². The van der Waals surface area contributed by atoms with E-state index in [2.05, 4.69) is 0 Å².